The van der Waals surface area contributed by atoms with Crippen molar-refractivity contribution in [1.29, 1.82) is 0 Å². The number of hydrogen-bond donors (Lipinski definition) is 2. The van der Waals surface area contributed by atoms with Crippen molar-refractivity contribution in [2.45, 2.75) is 43.8 Å². The molecule has 0 fully saturated rings. The van der Waals surface area contributed by atoms with E-state index in [0.29, 0.717) is 11.0 Å². The highest BCUT2D eigenvalue weighted by molar-refractivity contribution is 8.00. The summed E-state index contributed by atoms with van der Waals surface area (Å²) < 4.78 is 7.24. The van der Waals surface area contributed by atoms with Crippen LogP contribution in [0.2, 0.25) is 0 Å². The van der Waals surface area contributed by atoms with Crippen LogP contribution in [0.4, 0.5) is 0 Å². The van der Waals surface area contributed by atoms with E-state index in [4.69, 9.17) is 10.6 Å². The van der Waals surface area contributed by atoms with E-state index in [0.717, 1.165) is 28.0 Å². The molecule has 0 spiro atoms. The first kappa shape index (κ1) is 24.3. The van der Waals surface area contributed by atoms with E-state index in [1.54, 1.807) is 0 Å². The van der Waals surface area contributed by atoms with Crippen LogP contribution in [0.1, 0.15) is 41.0 Å². The maximum absolute atomic E-state index is 13.1. The van der Waals surface area contributed by atoms with E-state index in [-0.39, 0.29) is 18.6 Å². The van der Waals surface area contributed by atoms with Gasteiger partial charge in [0.05, 0.1) is 11.3 Å². The van der Waals surface area contributed by atoms with Gasteiger partial charge in [-0.25, -0.2) is 4.68 Å². The number of ether oxygens (including phenoxy) is 1. The van der Waals surface area contributed by atoms with E-state index >= 15 is 0 Å². The summed E-state index contributed by atoms with van der Waals surface area (Å²) in [5.74, 6) is 7.32. The summed E-state index contributed by atoms with van der Waals surface area (Å²) >= 11 is 1.25. The molecule has 7 nitrogen and oxygen atoms in total. The summed E-state index contributed by atoms with van der Waals surface area (Å²) in [6.07, 6.45) is 0. The minimum Gasteiger partial charge on any atom is -0.486 e. The molecule has 0 aliphatic heterocycles. The zero-order chi connectivity index (χ0) is 24.8. The van der Waals surface area contributed by atoms with Gasteiger partial charge >= 0.3 is 0 Å². The molecule has 1 atom stereocenters. The first-order valence-corrected chi connectivity index (χ1v) is 12.3. The fraction of sp³-hybridized carbons (Fsp3) is 0.222. The molecule has 8 heteroatoms. The van der Waals surface area contributed by atoms with Crippen LogP contribution in [0.5, 0.6) is 5.75 Å². The smallest absolute Gasteiger partial charge is 0.234 e. The minimum atomic E-state index is -0.440. The number of carbonyl (C=O) groups excluding carboxylic acids is 1. The normalized spacial score (nSPS) is 11.9. The Morgan fingerprint density at radius 3 is 2.11 bits per heavy atom. The molecule has 35 heavy (non-hydrogen) atoms. The van der Waals surface area contributed by atoms with E-state index in [1.807, 2.05) is 93.6 Å². The van der Waals surface area contributed by atoms with Gasteiger partial charge in [0.15, 0.2) is 5.82 Å². The van der Waals surface area contributed by atoms with Crippen LogP contribution in [0, 0.1) is 13.8 Å². The maximum atomic E-state index is 13.1. The van der Waals surface area contributed by atoms with Gasteiger partial charge in [-0.15, -0.1) is 10.2 Å². The molecule has 3 aromatic carbocycles. The van der Waals surface area contributed by atoms with Crippen molar-refractivity contribution in [2.24, 2.45) is 0 Å². The Labute approximate surface area is 209 Å². The van der Waals surface area contributed by atoms with Crippen molar-refractivity contribution in [3.63, 3.8) is 0 Å². The van der Waals surface area contributed by atoms with Gasteiger partial charge in [0.25, 0.3) is 0 Å². The monoisotopic (exact) mass is 487 g/mol. The van der Waals surface area contributed by atoms with Crippen molar-refractivity contribution >= 4 is 17.7 Å². The molecule has 0 bridgehead atoms. The molecule has 1 amide bonds. The second-order valence-corrected chi connectivity index (χ2v) is 9.71. The number of nitrogens with zero attached hydrogens (tertiary/aromatic N) is 3. The number of rotatable bonds is 9. The number of thioether (sulfide) groups is 1. The van der Waals surface area contributed by atoms with Crippen LogP contribution in [0.3, 0.4) is 0 Å². The molecule has 0 saturated carbocycles. The topological polar surface area (TPSA) is 95.1 Å². The summed E-state index contributed by atoms with van der Waals surface area (Å²) in [7, 11) is 0. The van der Waals surface area contributed by atoms with Gasteiger partial charge in [-0.1, -0.05) is 78.5 Å². The number of carbonyl (C=O) groups is 1. The second kappa shape index (κ2) is 11.1. The van der Waals surface area contributed by atoms with E-state index in [9.17, 15) is 4.79 Å². The van der Waals surface area contributed by atoms with E-state index in [2.05, 4.69) is 21.6 Å². The second-order valence-electron chi connectivity index (χ2n) is 8.40. The number of amides is 1. The molecule has 0 saturated heterocycles. The summed E-state index contributed by atoms with van der Waals surface area (Å²) in [5, 5.41) is 11.5. The van der Waals surface area contributed by atoms with Gasteiger partial charge in [0.1, 0.15) is 12.4 Å². The molecule has 4 aromatic rings. The number of hydrogen-bond acceptors (Lipinski definition) is 6. The number of benzene rings is 3. The predicted octanol–water partition coefficient (Wildman–Crippen LogP) is 4.57. The molecule has 1 unspecified atom stereocenters. The van der Waals surface area contributed by atoms with Gasteiger partial charge in [-0.05, 0) is 55.2 Å². The fourth-order valence-corrected chi connectivity index (χ4v) is 4.57. The third-order valence-corrected chi connectivity index (χ3v) is 6.56. The maximum Gasteiger partial charge on any atom is 0.234 e. The molecule has 0 radical (unpaired) electrons. The summed E-state index contributed by atoms with van der Waals surface area (Å²) in [5.41, 5.74) is 4.26. The standard InChI is InChI=1S/C27H29N5O2S/c1-18-14-19(2)16-23(15-18)34-17-24-30-31-27(32(24)28)35-20(3)26(33)29-25(21-10-6-4-7-11-21)22-12-8-5-9-13-22/h4-16,20,25H,17,28H2,1-3H3,(H,29,33). The number of nitrogens with two attached hydrogens (primary N) is 1. The first-order valence-electron chi connectivity index (χ1n) is 11.4. The first-order chi connectivity index (χ1) is 16.9. The SMILES string of the molecule is Cc1cc(C)cc(OCc2nnc(SC(C)C(=O)NC(c3ccccc3)c3ccccc3)n2N)c1. The Morgan fingerprint density at radius 1 is 0.971 bits per heavy atom. The molecule has 4 rings (SSSR count). The van der Waals surface area contributed by atoms with Gasteiger partial charge in [0, 0.05) is 0 Å². The lowest BCUT2D eigenvalue weighted by Gasteiger charge is -2.22. The Bertz CT molecular complexity index is 1220. The highest BCUT2D eigenvalue weighted by atomic mass is 32.2. The Kier molecular flexibility index (Phi) is 7.72. The molecule has 0 aliphatic rings. The van der Waals surface area contributed by atoms with Crippen LogP contribution in [-0.2, 0) is 11.4 Å². The van der Waals surface area contributed by atoms with Crippen LogP contribution in [-0.4, -0.2) is 26.0 Å². The fourth-order valence-electron chi connectivity index (χ4n) is 3.77. The third kappa shape index (κ3) is 6.22. The van der Waals surface area contributed by atoms with Gasteiger partial charge in [-0.3, -0.25) is 4.79 Å². The van der Waals surface area contributed by atoms with Crippen molar-refractivity contribution < 1.29 is 9.53 Å². The summed E-state index contributed by atoms with van der Waals surface area (Å²) in [4.78, 5) is 13.1. The molecular formula is C27H29N5O2S. The lowest BCUT2D eigenvalue weighted by Crippen LogP contribution is -2.35. The largest absolute Gasteiger partial charge is 0.486 e. The Morgan fingerprint density at radius 2 is 1.54 bits per heavy atom. The molecule has 1 heterocycles. The van der Waals surface area contributed by atoms with Crippen LogP contribution in [0.25, 0.3) is 0 Å². The quantitative estimate of drug-likeness (QED) is 0.265. The van der Waals surface area contributed by atoms with Crippen molar-refractivity contribution in [1.82, 2.24) is 20.2 Å². The van der Waals surface area contributed by atoms with Gasteiger partial charge in [-0.2, -0.15) is 0 Å². The van der Waals surface area contributed by atoms with Crippen molar-refractivity contribution in [3.05, 3.63) is 107 Å². The summed E-state index contributed by atoms with van der Waals surface area (Å²) in [6, 6.07) is 25.6. The van der Waals surface area contributed by atoms with E-state index in [1.165, 1.54) is 16.4 Å². The number of aromatic nitrogens is 3. The third-order valence-electron chi connectivity index (χ3n) is 5.50. The predicted molar refractivity (Wildman–Crippen MR) is 139 cm³/mol. The minimum absolute atomic E-state index is 0.122. The molecule has 180 valence electrons. The van der Waals surface area contributed by atoms with Crippen LogP contribution in [0.15, 0.2) is 84.0 Å². The number of nitrogen functional groups attached to an aromatic ring is 1. The lowest BCUT2D eigenvalue weighted by atomic mass is 9.98. The Balaban J connectivity index is 1.42. The Hall–Kier alpha value is -3.78. The highest BCUT2D eigenvalue weighted by Gasteiger charge is 2.23. The van der Waals surface area contributed by atoms with Gasteiger partial charge < -0.3 is 15.9 Å². The molecule has 3 N–H and O–H groups in total. The van der Waals surface area contributed by atoms with Gasteiger partial charge in [0.2, 0.25) is 11.1 Å². The number of aryl methyl sites for hydroxylation is 2. The van der Waals surface area contributed by atoms with Crippen molar-refractivity contribution in [2.75, 3.05) is 5.84 Å². The average molecular weight is 488 g/mol. The lowest BCUT2D eigenvalue weighted by molar-refractivity contribution is -0.120. The average Bonchev–Trinajstić information content (AvgIpc) is 3.20. The highest BCUT2D eigenvalue weighted by Crippen LogP contribution is 2.25. The number of nitrogens with one attached hydrogen (secondary N) is 1. The van der Waals surface area contributed by atoms with Crippen LogP contribution < -0.4 is 15.9 Å². The van der Waals surface area contributed by atoms with Crippen molar-refractivity contribution in [3.8, 4) is 5.75 Å². The molecular weight excluding hydrogens is 458 g/mol. The van der Waals surface area contributed by atoms with Crippen LogP contribution >= 0.6 is 11.8 Å². The van der Waals surface area contributed by atoms with E-state index < -0.39 is 5.25 Å². The molecule has 1 aromatic heterocycles. The zero-order valence-electron chi connectivity index (χ0n) is 20.0. The molecule has 0 aliphatic carbocycles. The zero-order valence-corrected chi connectivity index (χ0v) is 20.8. The summed E-state index contributed by atoms with van der Waals surface area (Å²) in [6.45, 7) is 6.05.